The van der Waals surface area contributed by atoms with Crippen LogP contribution in [0.3, 0.4) is 0 Å². The Balaban J connectivity index is 2.22. The fourth-order valence-corrected chi connectivity index (χ4v) is 3.98. The molecule has 0 aromatic rings. The number of amides is 1. The zero-order chi connectivity index (χ0) is 14.7. The molecule has 0 aromatic heterocycles. The molecule has 0 aliphatic heterocycles. The van der Waals surface area contributed by atoms with Gasteiger partial charge >= 0.3 is 6.18 Å². The van der Waals surface area contributed by atoms with E-state index in [-0.39, 0.29) is 6.42 Å². The molecule has 3 atom stereocenters. The van der Waals surface area contributed by atoms with Crippen LogP contribution in [0.5, 0.6) is 0 Å². The summed E-state index contributed by atoms with van der Waals surface area (Å²) in [6, 6.07) is 0. The second-order valence-electron chi connectivity index (χ2n) is 6.64. The highest BCUT2D eigenvalue weighted by molar-refractivity contribution is 5.85. The Hall–Kier alpha value is -0.780. The van der Waals surface area contributed by atoms with E-state index in [1.807, 2.05) is 26.1 Å². The van der Waals surface area contributed by atoms with Crippen LogP contribution in [0.2, 0.25) is 0 Å². The van der Waals surface area contributed by atoms with Crippen molar-refractivity contribution in [2.45, 2.75) is 52.3 Å². The van der Waals surface area contributed by atoms with Gasteiger partial charge in [-0.15, -0.1) is 0 Å². The molecule has 2 N–H and O–H groups in total. The minimum atomic E-state index is -4.41. The molecule has 2 saturated carbocycles. The lowest BCUT2D eigenvalue weighted by atomic mass is 9.64. The molecule has 19 heavy (non-hydrogen) atoms. The van der Waals surface area contributed by atoms with Crippen LogP contribution >= 0.6 is 0 Å². The van der Waals surface area contributed by atoms with Gasteiger partial charge in [0.25, 0.3) is 0 Å². The number of carbonyl (C=O) groups is 1. The standard InChI is InChI=1S/C13H20F3NO2/c1-10(2)11(3)4-5-12(10,6-8(11)18)9(19)17-7-13(14,15)16/h8,18H,4-7H2,1-3H3,(H,17,19)/t8-,11-,12+/m0/s1. The number of fused-ring (bicyclic) bond motifs is 2. The zero-order valence-corrected chi connectivity index (χ0v) is 11.4. The molecule has 0 spiro atoms. The van der Waals surface area contributed by atoms with Crippen molar-refractivity contribution >= 4 is 5.91 Å². The predicted molar refractivity (Wildman–Crippen MR) is 63.2 cm³/mol. The van der Waals surface area contributed by atoms with Crippen molar-refractivity contribution in [2.24, 2.45) is 16.2 Å². The normalized spacial score (nSPS) is 40.5. The van der Waals surface area contributed by atoms with Crippen molar-refractivity contribution in [3.8, 4) is 0 Å². The fraction of sp³-hybridized carbons (Fsp3) is 0.923. The van der Waals surface area contributed by atoms with E-state index < -0.39 is 41.0 Å². The zero-order valence-electron chi connectivity index (χ0n) is 11.4. The summed E-state index contributed by atoms with van der Waals surface area (Å²) >= 11 is 0. The van der Waals surface area contributed by atoms with Crippen LogP contribution in [-0.4, -0.2) is 29.8 Å². The molecule has 0 saturated heterocycles. The first-order chi connectivity index (χ1) is 8.46. The number of carbonyl (C=O) groups excluding carboxylic acids is 1. The van der Waals surface area contributed by atoms with Gasteiger partial charge in [0.15, 0.2) is 0 Å². The van der Waals surface area contributed by atoms with E-state index in [1.165, 1.54) is 0 Å². The number of rotatable bonds is 2. The van der Waals surface area contributed by atoms with Crippen molar-refractivity contribution in [2.75, 3.05) is 6.54 Å². The smallest absolute Gasteiger partial charge is 0.393 e. The van der Waals surface area contributed by atoms with E-state index in [1.54, 1.807) is 0 Å². The summed E-state index contributed by atoms with van der Waals surface area (Å²) in [6.07, 6.45) is -3.58. The fourth-order valence-electron chi connectivity index (χ4n) is 3.98. The molecule has 0 unspecified atom stereocenters. The average molecular weight is 279 g/mol. The van der Waals surface area contributed by atoms with Crippen LogP contribution in [0, 0.1) is 16.2 Å². The second kappa shape index (κ2) is 3.87. The Bertz CT molecular complexity index is 407. The van der Waals surface area contributed by atoms with Gasteiger partial charge in [-0.3, -0.25) is 4.79 Å². The molecule has 2 aliphatic rings. The number of hydrogen-bond donors (Lipinski definition) is 2. The van der Waals surface area contributed by atoms with E-state index in [4.69, 9.17) is 0 Å². The maximum atomic E-state index is 12.3. The van der Waals surface area contributed by atoms with Crippen molar-refractivity contribution in [1.82, 2.24) is 5.32 Å². The van der Waals surface area contributed by atoms with Crippen LogP contribution in [0.1, 0.15) is 40.0 Å². The summed E-state index contributed by atoms with van der Waals surface area (Å²) in [4.78, 5) is 12.3. The predicted octanol–water partition coefficient (Wildman–Crippen LogP) is 2.24. The van der Waals surface area contributed by atoms with Crippen LogP contribution in [0.25, 0.3) is 0 Å². The summed E-state index contributed by atoms with van der Waals surface area (Å²) in [6.45, 7) is 4.37. The molecule has 0 radical (unpaired) electrons. The molecule has 110 valence electrons. The summed E-state index contributed by atoms with van der Waals surface area (Å²) in [5.41, 5.74) is -1.79. The molecule has 0 heterocycles. The molecular formula is C13H20F3NO2. The second-order valence-corrected chi connectivity index (χ2v) is 6.64. The Morgan fingerprint density at radius 2 is 1.89 bits per heavy atom. The summed E-state index contributed by atoms with van der Waals surface area (Å²) in [7, 11) is 0. The van der Waals surface area contributed by atoms with Gasteiger partial charge in [0.2, 0.25) is 5.91 Å². The molecule has 0 aromatic carbocycles. The summed E-state index contributed by atoms with van der Waals surface area (Å²) < 4.78 is 36.7. The third-order valence-electron chi connectivity index (χ3n) is 5.86. The monoisotopic (exact) mass is 279 g/mol. The number of hydrogen-bond acceptors (Lipinski definition) is 2. The van der Waals surface area contributed by atoms with E-state index in [2.05, 4.69) is 0 Å². The van der Waals surface area contributed by atoms with Gasteiger partial charge in [0, 0.05) is 0 Å². The quantitative estimate of drug-likeness (QED) is 0.814. The Labute approximate surface area is 110 Å². The minimum Gasteiger partial charge on any atom is -0.393 e. The van der Waals surface area contributed by atoms with E-state index >= 15 is 0 Å². The Kier molecular flexibility index (Phi) is 2.98. The minimum absolute atomic E-state index is 0.250. The first-order valence-electron chi connectivity index (χ1n) is 6.49. The van der Waals surface area contributed by atoms with Crippen LogP contribution in [-0.2, 0) is 4.79 Å². The lowest BCUT2D eigenvalue weighted by molar-refractivity contribution is -0.148. The van der Waals surface area contributed by atoms with Crippen molar-refractivity contribution in [3.63, 3.8) is 0 Å². The van der Waals surface area contributed by atoms with Gasteiger partial charge in [-0.2, -0.15) is 13.2 Å². The lowest BCUT2D eigenvalue weighted by Gasteiger charge is -2.40. The SMILES string of the molecule is CC1(C)[C@]2(C(=O)NCC(F)(F)F)CC[C@@]1(C)[C@@H](O)C2. The van der Waals surface area contributed by atoms with Gasteiger partial charge in [-0.25, -0.2) is 0 Å². The van der Waals surface area contributed by atoms with Crippen molar-refractivity contribution < 1.29 is 23.1 Å². The molecule has 3 nitrogen and oxygen atoms in total. The Morgan fingerprint density at radius 3 is 2.26 bits per heavy atom. The van der Waals surface area contributed by atoms with Gasteiger partial charge in [-0.05, 0) is 30.1 Å². The van der Waals surface area contributed by atoms with Crippen LogP contribution in [0.15, 0.2) is 0 Å². The van der Waals surface area contributed by atoms with E-state index in [0.717, 1.165) is 0 Å². The maximum absolute atomic E-state index is 12.3. The number of aliphatic hydroxyl groups is 1. The maximum Gasteiger partial charge on any atom is 0.405 e. The number of halogens is 3. The molecule has 2 aliphatic carbocycles. The number of nitrogens with one attached hydrogen (secondary N) is 1. The molecule has 2 fully saturated rings. The third kappa shape index (κ3) is 1.79. The summed E-state index contributed by atoms with van der Waals surface area (Å²) in [5, 5.41) is 12.2. The largest absolute Gasteiger partial charge is 0.405 e. The van der Waals surface area contributed by atoms with Gasteiger partial charge < -0.3 is 10.4 Å². The van der Waals surface area contributed by atoms with E-state index in [0.29, 0.717) is 12.8 Å². The highest BCUT2D eigenvalue weighted by atomic mass is 19.4. The van der Waals surface area contributed by atoms with Crippen LogP contribution in [0.4, 0.5) is 13.2 Å². The number of aliphatic hydroxyl groups excluding tert-OH is 1. The molecule has 2 bridgehead atoms. The van der Waals surface area contributed by atoms with Gasteiger partial charge in [-0.1, -0.05) is 20.8 Å². The molecule has 2 rings (SSSR count). The van der Waals surface area contributed by atoms with Crippen molar-refractivity contribution in [1.29, 1.82) is 0 Å². The first-order valence-corrected chi connectivity index (χ1v) is 6.49. The highest BCUT2D eigenvalue weighted by Crippen LogP contribution is 2.72. The summed E-state index contributed by atoms with van der Waals surface area (Å²) in [5.74, 6) is -0.574. The third-order valence-corrected chi connectivity index (χ3v) is 5.86. The lowest BCUT2D eigenvalue weighted by Crippen LogP contribution is -2.48. The topological polar surface area (TPSA) is 49.3 Å². The van der Waals surface area contributed by atoms with Crippen molar-refractivity contribution in [3.05, 3.63) is 0 Å². The average Bonchev–Trinajstić information content (AvgIpc) is 2.55. The first kappa shape index (κ1) is 14.6. The highest BCUT2D eigenvalue weighted by Gasteiger charge is 2.72. The molecule has 1 amide bonds. The van der Waals surface area contributed by atoms with E-state index in [9.17, 15) is 23.1 Å². The van der Waals surface area contributed by atoms with Gasteiger partial charge in [0.1, 0.15) is 6.54 Å². The molecular weight excluding hydrogens is 259 g/mol. The van der Waals surface area contributed by atoms with Crippen LogP contribution < -0.4 is 5.32 Å². The Morgan fingerprint density at radius 1 is 1.32 bits per heavy atom. The molecule has 6 heteroatoms. The van der Waals surface area contributed by atoms with Gasteiger partial charge in [0.05, 0.1) is 11.5 Å². The number of alkyl halides is 3.